The monoisotopic (exact) mass is 220 g/mol. The summed E-state index contributed by atoms with van der Waals surface area (Å²) < 4.78 is 0. The fourth-order valence-corrected chi connectivity index (χ4v) is 2.32. The summed E-state index contributed by atoms with van der Waals surface area (Å²) in [5.74, 6) is -0.716. The fourth-order valence-electron chi connectivity index (χ4n) is 2.32. The van der Waals surface area contributed by atoms with E-state index in [1.807, 2.05) is 45.9 Å². The average molecular weight is 220 g/mol. The Kier molecular flexibility index (Phi) is 3.74. The van der Waals surface area contributed by atoms with Crippen LogP contribution in [0, 0.1) is 13.8 Å². The molecule has 0 fully saturated rings. The van der Waals surface area contributed by atoms with Crippen LogP contribution >= 0.6 is 0 Å². The van der Waals surface area contributed by atoms with Crippen molar-refractivity contribution in [1.29, 1.82) is 0 Å². The minimum absolute atomic E-state index is 0.628. The third-order valence-corrected chi connectivity index (χ3v) is 3.74. The van der Waals surface area contributed by atoms with Gasteiger partial charge in [-0.3, -0.25) is 4.79 Å². The molecule has 0 bridgehead atoms. The van der Waals surface area contributed by atoms with E-state index in [0.29, 0.717) is 12.8 Å². The smallest absolute Gasteiger partial charge is 0.314 e. The van der Waals surface area contributed by atoms with Gasteiger partial charge in [0.15, 0.2) is 0 Å². The van der Waals surface area contributed by atoms with E-state index in [0.717, 1.165) is 16.7 Å². The van der Waals surface area contributed by atoms with Gasteiger partial charge in [0.1, 0.15) is 0 Å². The summed E-state index contributed by atoms with van der Waals surface area (Å²) in [5.41, 5.74) is 2.50. The predicted octanol–water partition coefficient (Wildman–Crippen LogP) is 3.45. The summed E-state index contributed by atoms with van der Waals surface area (Å²) in [6.45, 7) is 7.92. The van der Waals surface area contributed by atoms with Crippen molar-refractivity contribution in [3.63, 3.8) is 0 Å². The van der Waals surface area contributed by atoms with Gasteiger partial charge in [-0.2, -0.15) is 0 Å². The van der Waals surface area contributed by atoms with E-state index >= 15 is 0 Å². The van der Waals surface area contributed by atoms with Crippen molar-refractivity contribution in [1.82, 2.24) is 0 Å². The largest absolute Gasteiger partial charge is 0.481 e. The van der Waals surface area contributed by atoms with Crippen molar-refractivity contribution in [3.8, 4) is 0 Å². The molecule has 2 nitrogen and oxygen atoms in total. The van der Waals surface area contributed by atoms with Crippen molar-refractivity contribution in [3.05, 3.63) is 34.9 Å². The number of carboxylic acid groups (broad SMARTS) is 1. The highest BCUT2D eigenvalue weighted by molar-refractivity contribution is 5.82. The topological polar surface area (TPSA) is 37.3 Å². The van der Waals surface area contributed by atoms with Crippen molar-refractivity contribution in [2.24, 2.45) is 0 Å². The van der Waals surface area contributed by atoms with Crippen LogP contribution in [0.4, 0.5) is 0 Å². The third-order valence-electron chi connectivity index (χ3n) is 3.74. The molecule has 0 saturated carbocycles. The van der Waals surface area contributed by atoms with Gasteiger partial charge in [-0.15, -0.1) is 0 Å². The van der Waals surface area contributed by atoms with E-state index < -0.39 is 11.4 Å². The molecule has 0 aliphatic carbocycles. The minimum Gasteiger partial charge on any atom is -0.481 e. The first kappa shape index (κ1) is 12.8. The molecular weight excluding hydrogens is 200 g/mol. The summed E-state index contributed by atoms with van der Waals surface area (Å²) in [5, 5.41) is 9.49. The lowest BCUT2D eigenvalue weighted by molar-refractivity contribution is -0.144. The molecule has 0 spiro atoms. The first-order valence-electron chi connectivity index (χ1n) is 5.79. The lowest BCUT2D eigenvalue weighted by Crippen LogP contribution is -2.35. The van der Waals surface area contributed by atoms with Crippen LogP contribution in [0.1, 0.15) is 43.4 Å². The Labute approximate surface area is 97.3 Å². The Bertz CT molecular complexity index is 390. The molecule has 1 aromatic rings. The summed E-state index contributed by atoms with van der Waals surface area (Å²) in [7, 11) is 0. The molecule has 0 aliphatic heterocycles. The molecule has 0 aliphatic rings. The second-order valence-corrected chi connectivity index (χ2v) is 4.34. The molecule has 0 heterocycles. The highest BCUT2D eigenvalue weighted by atomic mass is 16.4. The molecular formula is C14H20O2. The molecule has 1 rings (SSSR count). The molecule has 0 aromatic heterocycles. The number of carbonyl (C=O) groups is 1. The Morgan fingerprint density at radius 3 is 2.25 bits per heavy atom. The highest BCUT2D eigenvalue weighted by Gasteiger charge is 2.37. The van der Waals surface area contributed by atoms with Crippen LogP contribution in [-0.2, 0) is 10.2 Å². The molecule has 2 heteroatoms. The van der Waals surface area contributed by atoms with Gasteiger partial charge in [0.2, 0.25) is 0 Å². The molecule has 0 atom stereocenters. The molecule has 1 aromatic carbocycles. The summed E-state index contributed by atoms with van der Waals surface area (Å²) in [6, 6.07) is 5.92. The van der Waals surface area contributed by atoms with E-state index in [1.165, 1.54) is 0 Å². The molecule has 0 saturated heterocycles. The van der Waals surface area contributed by atoms with Gasteiger partial charge < -0.3 is 5.11 Å². The van der Waals surface area contributed by atoms with Crippen LogP contribution in [0.5, 0.6) is 0 Å². The molecule has 88 valence electrons. The maximum atomic E-state index is 11.5. The Morgan fingerprint density at radius 1 is 1.25 bits per heavy atom. The molecule has 16 heavy (non-hydrogen) atoms. The average Bonchev–Trinajstić information content (AvgIpc) is 2.26. The second kappa shape index (κ2) is 4.69. The normalized spacial score (nSPS) is 11.5. The number of hydrogen-bond acceptors (Lipinski definition) is 1. The van der Waals surface area contributed by atoms with Crippen molar-refractivity contribution >= 4 is 5.97 Å². The first-order valence-corrected chi connectivity index (χ1v) is 5.79. The zero-order valence-electron chi connectivity index (χ0n) is 10.5. The van der Waals surface area contributed by atoms with Crippen LogP contribution in [0.25, 0.3) is 0 Å². The third kappa shape index (κ3) is 1.84. The van der Waals surface area contributed by atoms with E-state index in [2.05, 4.69) is 0 Å². The van der Waals surface area contributed by atoms with Gasteiger partial charge in [0.25, 0.3) is 0 Å². The summed E-state index contributed by atoms with van der Waals surface area (Å²) >= 11 is 0. The van der Waals surface area contributed by atoms with Gasteiger partial charge in [-0.1, -0.05) is 32.0 Å². The Morgan fingerprint density at radius 2 is 1.81 bits per heavy atom. The minimum atomic E-state index is -0.726. The molecule has 0 amide bonds. The van der Waals surface area contributed by atoms with E-state index in [9.17, 15) is 9.90 Å². The van der Waals surface area contributed by atoms with E-state index in [1.54, 1.807) is 0 Å². The Hall–Kier alpha value is -1.31. The fraction of sp³-hybridized carbons (Fsp3) is 0.500. The number of aliphatic carboxylic acids is 1. The highest BCUT2D eigenvalue weighted by Crippen LogP contribution is 2.35. The van der Waals surface area contributed by atoms with Crippen molar-refractivity contribution in [2.45, 2.75) is 46.0 Å². The predicted molar refractivity (Wildman–Crippen MR) is 65.8 cm³/mol. The van der Waals surface area contributed by atoms with Crippen LogP contribution in [-0.4, -0.2) is 11.1 Å². The number of aryl methyl sites for hydroxylation is 1. The maximum absolute atomic E-state index is 11.5. The molecule has 0 radical (unpaired) electrons. The van der Waals surface area contributed by atoms with Crippen LogP contribution in [0.2, 0.25) is 0 Å². The number of hydrogen-bond donors (Lipinski definition) is 1. The molecule has 0 unspecified atom stereocenters. The second-order valence-electron chi connectivity index (χ2n) is 4.34. The van der Waals surface area contributed by atoms with Gasteiger partial charge in [-0.25, -0.2) is 0 Å². The summed E-state index contributed by atoms with van der Waals surface area (Å²) in [4.78, 5) is 11.5. The number of benzene rings is 1. The Balaban J connectivity index is 3.43. The SMILES string of the molecule is CCC(CC)(C(=O)O)c1cccc(C)c1C. The van der Waals surface area contributed by atoms with Crippen molar-refractivity contribution < 1.29 is 9.90 Å². The van der Waals surface area contributed by atoms with Crippen LogP contribution in [0.3, 0.4) is 0 Å². The van der Waals surface area contributed by atoms with E-state index in [4.69, 9.17) is 0 Å². The lowest BCUT2D eigenvalue weighted by Gasteiger charge is -2.29. The van der Waals surface area contributed by atoms with Gasteiger partial charge in [-0.05, 0) is 43.4 Å². The van der Waals surface area contributed by atoms with Crippen LogP contribution in [0.15, 0.2) is 18.2 Å². The standard InChI is InChI=1S/C14H20O2/c1-5-14(6-2,13(15)16)12-9-7-8-10(3)11(12)4/h7-9H,5-6H2,1-4H3,(H,15,16). The van der Waals surface area contributed by atoms with Crippen LogP contribution < -0.4 is 0 Å². The van der Waals surface area contributed by atoms with Gasteiger partial charge >= 0.3 is 5.97 Å². The van der Waals surface area contributed by atoms with Gasteiger partial charge in [0.05, 0.1) is 5.41 Å². The zero-order valence-corrected chi connectivity index (χ0v) is 10.5. The summed E-state index contributed by atoms with van der Waals surface area (Å²) in [6.07, 6.45) is 1.26. The lowest BCUT2D eigenvalue weighted by atomic mass is 9.73. The zero-order chi connectivity index (χ0) is 12.3. The van der Waals surface area contributed by atoms with E-state index in [-0.39, 0.29) is 0 Å². The van der Waals surface area contributed by atoms with Gasteiger partial charge in [0, 0.05) is 0 Å². The number of rotatable bonds is 4. The quantitative estimate of drug-likeness (QED) is 0.843. The first-order chi connectivity index (χ1) is 7.49. The maximum Gasteiger partial charge on any atom is 0.314 e. The number of carboxylic acids is 1. The molecule has 1 N–H and O–H groups in total. The van der Waals surface area contributed by atoms with Crippen molar-refractivity contribution in [2.75, 3.05) is 0 Å².